The van der Waals surface area contributed by atoms with E-state index in [0.717, 1.165) is 21.9 Å². The van der Waals surface area contributed by atoms with Gasteiger partial charge in [0.2, 0.25) is 0 Å². The van der Waals surface area contributed by atoms with Gasteiger partial charge in [-0.15, -0.1) is 0 Å². The molecule has 180 valence electrons. The second-order valence-electron chi connectivity index (χ2n) is 8.31. The van der Waals surface area contributed by atoms with Crippen LogP contribution in [-0.4, -0.2) is 29.8 Å². The second kappa shape index (κ2) is 8.91. The van der Waals surface area contributed by atoms with Crippen LogP contribution in [0.5, 0.6) is 0 Å². The van der Waals surface area contributed by atoms with E-state index in [0.29, 0.717) is 23.1 Å². The van der Waals surface area contributed by atoms with Crippen molar-refractivity contribution in [2.75, 3.05) is 11.9 Å². The molecule has 1 unspecified atom stereocenters. The lowest BCUT2D eigenvalue weighted by Gasteiger charge is -2.44. The Morgan fingerprint density at radius 1 is 1.14 bits per heavy atom. The lowest BCUT2D eigenvalue weighted by atomic mass is 9.82. The zero-order chi connectivity index (χ0) is 25.5. The summed E-state index contributed by atoms with van der Waals surface area (Å²) in [7, 11) is 1.32. The van der Waals surface area contributed by atoms with E-state index in [4.69, 9.17) is 0 Å². The Kier molecular flexibility index (Phi) is 6.11. The van der Waals surface area contributed by atoms with Crippen molar-refractivity contribution in [1.29, 1.82) is 5.26 Å². The molecule has 0 bridgehead atoms. The van der Waals surface area contributed by atoms with Crippen molar-refractivity contribution in [3.63, 3.8) is 0 Å². The van der Waals surface area contributed by atoms with E-state index in [1.54, 1.807) is 19.1 Å². The molecule has 4 rings (SSSR count). The maximum atomic E-state index is 13.8. The highest BCUT2D eigenvalue weighted by molar-refractivity contribution is 6.11. The van der Waals surface area contributed by atoms with Crippen LogP contribution in [0.25, 0.3) is 0 Å². The van der Waals surface area contributed by atoms with E-state index in [1.165, 1.54) is 25.2 Å². The first-order valence-corrected chi connectivity index (χ1v) is 10.9. The number of ketones is 1. The molecule has 2 aromatic rings. The molecule has 0 saturated carbocycles. The molecule has 1 heterocycles. The minimum atomic E-state index is -4.64. The highest BCUT2D eigenvalue weighted by Gasteiger charge is 2.47. The van der Waals surface area contributed by atoms with Gasteiger partial charge in [0.25, 0.3) is 0 Å². The predicted octanol–water partition coefficient (Wildman–Crippen LogP) is 5.22. The standard InChI is InChI=1S/C25H21F3N4O3/c1-14-11-15(13-29)9-10-18(14)22-21-19(7-4-8-20(21)33)31(24(35)32(22)23(34)30-2)17-6-3-5-16(12-17)25(26,27)28/h3,5-6,9-12,22H,4,7-8H2,1-2H3,(H,30,34). The van der Waals surface area contributed by atoms with Crippen molar-refractivity contribution in [2.24, 2.45) is 0 Å². The predicted molar refractivity (Wildman–Crippen MR) is 120 cm³/mol. The summed E-state index contributed by atoms with van der Waals surface area (Å²) in [5.74, 6) is -0.293. The number of carbonyl (C=O) groups is 3. The molecule has 2 aromatic carbocycles. The van der Waals surface area contributed by atoms with E-state index >= 15 is 0 Å². The first-order valence-electron chi connectivity index (χ1n) is 10.9. The number of nitriles is 1. The average Bonchev–Trinajstić information content (AvgIpc) is 2.82. The van der Waals surface area contributed by atoms with Crippen molar-refractivity contribution < 1.29 is 27.6 Å². The van der Waals surface area contributed by atoms with Crippen LogP contribution in [0.3, 0.4) is 0 Å². The van der Waals surface area contributed by atoms with E-state index in [1.807, 2.05) is 6.07 Å². The quantitative estimate of drug-likeness (QED) is 0.636. The number of halogens is 3. The van der Waals surface area contributed by atoms with Gasteiger partial charge in [0, 0.05) is 24.7 Å². The van der Waals surface area contributed by atoms with E-state index < -0.39 is 29.8 Å². The van der Waals surface area contributed by atoms with Gasteiger partial charge >= 0.3 is 18.2 Å². The van der Waals surface area contributed by atoms with Crippen LogP contribution in [0, 0.1) is 18.3 Å². The molecule has 1 aliphatic heterocycles. The lowest BCUT2D eigenvalue weighted by Crippen LogP contribution is -2.56. The van der Waals surface area contributed by atoms with E-state index in [-0.39, 0.29) is 35.6 Å². The van der Waals surface area contributed by atoms with Crippen molar-refractivity contribution in [3.05, 3.63) is 76.0 Å². The molecule has 0 fully saturated rings. The van der Waals surface area contributed by atoms with Crippen LogP contribution < -0.4 is 10.2 Å². The van der Waals surface area contributed by atoms with Gasteiger partial charge in [-0.25, -0.2) is 14.5 Å². The zero-order valence-corrected chi connectivity index (χ0v) is 18.9. The third-order valence-corrected chi connectivity index (χ3v) is 6.19. The topological polar surface area (TPSA) is 93.5 Å². The van der Waals surface area contributed by atoms with Gasteiger partial charge in [-0.05, 0) is 61.2 Å². The van der Waals surface area contributed by atoms with Gasteiger partial charge in [0.15, 0.2) is 5.78 Å². The van der Waals surface area contributed by atoms with Gasteiger partial charge in [0.05, 0.1) is 28.9 Å². The summed E-state index contributed by atoms with van der Waals surface area (Å²) in [6, 6.07) is 8.20. The fraction of sp³-hybridized carbons (Fsp3) is 0.280. The van der Waals surface area contributed by atoms with Crippen molar-refractivity contribution in [3.8, 4) is 6.07 Å². The maximum absolute atomic E-state index is 13.8. The molecule has 1 N–H and O–H groups in total. The SMILES string of the molecule is CNC(=O)N1C(=O)N(c2cccc(C(F)(F)F)c2)C2=C(C(=O)CCC2)C1c1ccc(C#N)cc1C. The zero-order valence-electron chi connectivity index (χ0n) is 18.9. The number of nitrogens with one attached hydrogen (secondary N) is 1. The van der Waals surface area contributed by atoms with Crippen LogP contribution >= 0.6 is 0 Å². The molecule has 7 nitrogen and oxygen atoms in total. The van der Waals surface area contributed by atoms with Gasteiger partial charge in [-0.1, -0.05) is 12.1 Å². The van der Waals surface area contributed by atoms with Crippen LogP contribution in [-0.2, 0) is 11.0 Å². The Labute approximate surface area is 199 Å². The van der Waals surface area contributed by atoms with Gasteiger partial charge in [-0.2, -0.15) is 18.4 Å². The minimum absolute atomic E-state index is 0.0871. The number of imide groups is 1. The molecule has 2 aliphatic rings. The summed E-state index contributed by atoms with van der Waals surface area (Å²) in [6.45, 7) is 1.70. The number of nitrogens with zero attached hydrogens (tertiary/aromatic N) is 3. The Balaban J connectivity index is 1.99. The molecule has 1 atom stereocenters. The molecular formula is C25H21F3N4O3. The Morgan fingerprint density at radius 2 is 1.89 bits per heavy atom. The number of carbonyl (C=O) groups excluding carboxylic acids is 3. The number of hydrogen-bond donors (Lipinski definition) is 1. The smallest absolute Gasteiger partial charge is 0.341 e. The molecule has 10 heteroatoms. The summed E-state index contributed by atoms with van der Waals surface area (Å²) in [5, 5.41) is 11.6. The molecular weight excluding hydrogens is 461 g/mol. The fourth-order valence-corrected chi connectivity index (χ4v) is 4.61. The van der Waals surface area contributed by atoms with Crippen molar-refractivity contribution >= 4 is 23.5 Å². The molecule has 1 aliphatic carbocycles. The number of alkyl halides is 3. The summed E-state index contributed by atoms with van der Waals surface area (Å²) >= 11 is 0. The van der Waals surface area contributed by atoms with Crippen molar-refractivity contribution in [1.82, 2.24) is 10.2 Å². The number of allylic oxidation sites excluding steroid dienone is 1. The van der Waals surface area contributed by atoms with Crippen LogP contribution in [0.15, 0.2) is 53.7 Å². The normalized spacial score (nSPS) is 18.3. The molecule has 35 heavy (non-hydrogen) atoms. The number of rotatable bonds is 2. The highest BCUT2D eigenvalue weighted by atomic mass is 19.4. The Hall–Kier alpha value is -4.13. The van der Waals surface area contributed by atoms with Crippen LogP contribution in [0.2, 0.25) is 0 Å². The molecule has 0 saturated heterocycles. The molecule has 4 amide bonds. The molecule has 0 aromatic heterocycles. The maximum Gasteiger partial charge on any atom is 0.416 e. The number of aryl methyl sites for hydroxylation is 1. The monoisotopic (exact) mass is 482 g/mol. The Morgan fingerprint density at radius 3 is 2.51 bits per heavy atom. The molecule has 0 radical (unpaired) electrons. The van der Waals surface area contributed by atoms with Crippen LogP contribution in [0.1, 0.15) is 47.6 Å². The second-order valence-corrected chi connectivity index (χ2v) is 8.31. The first-order chi connectivity index (χ1) is 16.6. The first kappa shape index (κ1) is 24.0. The number of benzene rings is 2. The summed E-state index contributed by atoms with van der Waals surface area (Å²) in [5.41, 5.74) is 0.860. The van der Waals surface area contributed by atoms with Crippen LogP contribution in [0.4, 0.5) is 28.4 Å². The minimum Gasteiger partial charge on any atom is -0.341 e. The third kappa shape index (κ3) is 4.14. The molecule has 0 spiro atoms. The van der Waals surface area contributed by atoms with Gasteiger partial charge in [-0.3, -0.25) is 9.69 Å². The van der Waals surface area contributed by atoms with Gasteiger partial charge in [0.1, 0.15) is 0 Å². The van der Waals surface area contributed by atoms with E-state index in [9.17, 15) is 32.8 Å². The Bertz CT molecular complexity index is 1310. The lowest BCUT2D eigenvalue weighted by molar-refractivity contribution is -0.137. The number of amides is 4. The number of urea groups is 2. The number of anilines is 1. The number of hydrogen-bond acceptors (Lipinski definition) is 4. The van der Waals surface area contributed by atoms with Crippen molar-refractivity contribution in [2.45, 2.75) is 38.4 Å². The number of Topliss-reactive ketones (excluding diaryl/α,β-unsaturated/α-hetero) is 1. The summed E-state index contributed by atoms with van der Waals surface area (Å²) in [6.07, 6.45) is -3.77. The third-order valence-electron chi connectivity index (χ3n) is 6.19. The van der Waals surface area contributed by atoms with E-state index in [2.05, 4.69) is 5.32 Å². The largest absolute Gasteiger partial charge is 0.416 e. The summed E-state index contributed by atoms with van der Waals surface area (Å²) < 4.78 is 40.2. The highest BCUT2D eigenvalue weighted by Crippen LogP contribution is 2.45. The summed E-state index contributed by atoms with van der Waals surface area (Å²) in [4.78, 5) is 41.9. The fourth-order valence-electron chi connectivity index (χ4n) is 4.61. The van der Waals surface area contributed by atoms with Gasteiger partial charge < -0.3 is 5.32 Å². The average molecular weight is 482 g/mol.